The Morgan fingerprint density at radius 1 is 1.00 bits per heavy atom. The van der Waals surface area contributed by atoms with Gasteiger partial charge in [0.2, 0.25) is 0 Å². The molecule has 25 heavy (non-hydrogen) atoms. The number of carbonyl (C=O) groups is 2. The topological polar surface area (TPSA) is 80.3 Å². The summed E-state index contributed by atoms with van der Waals surface area (Å²) in [5.41, 5.74) is 0. The van der Waals surface area contributed by atoms with Crippen LogP contribution in [0.15, 0.2) is 0 Å². The molecule has 0 amide bonds. The highest BCUT2D eigenvalue weighted by atomic mass is 16.7. The Morgan fingerprint density at radius 2 is 1.72 bits per heavy atom. The van der Waals surface area contributed by atoms with Gasteiger partial charge in [0, 0.05) is 32.5 Å². The predicted octanol–water partition coefficient (Wildman–Crippen LogP) is 1.92. The lowest BCUT2D eigenvalue weighted by Crippen LogP contribution is -2.34. The van der Waals surface area contributed by atoms with Gasteiger partial charge in [0.1, 0.15) is 0 Å². The summed E-state index contributed by atoms with van der Waals surface area (Å²) in [4.78, 5) is 23.7. The first-order valence-electron chi connectivity index (χ1n) is 8.98. The minimum Gasteiger partial charge on any atom is -0.469 e. The lowest BCUT2D eigenvalue weighted by molar-refractivity contribution is -0.198. The molecule has 0 aromatic carbocycles. The van der Waals surface area contributed by atoms with Crippen molar-refractivity contribution in [2.45, 2.75) is 50.9 Å². The predicted molar refractivity (Wildman–Crippen MR) is 88.7 cm³/mol. The van der Waals surface area contributed by atoms with Crippen LogP contribution in [0, 0.1) is 17.8 Å². The summed E-state index contributed by atoms with van der Waals surface area (Å²) >= 11 is 0. The van der Waals surface area contributed by atoms with E-state index in [1.807, 2.05) is 0 Å². The minimum atomic E-state index is -0.282. The van der Waals surface area contributed by atoms with E-state index in [1.54, 1.807) is 7.11 Å². The highest BCUT2D eigenvalue weighted by Gasteiger charge is 2.46. The first-order chi connectivity index (χ1) is 12.1. The maximum absolute atomic E-state index is 11.9. The van der Waals surface area contributed by atoms with Crippen LogP contribution in [0.3, 0.4) is 0 Å². The second-order valence-electron chi connectivity index (χ2n) is 6.81. The first-order valence-corrected chi connectivity index (χ1v) is 8.98. The molecule has 1 aliphatic heterocycles. The van der Waals surface area contributed by atoms with Crippen molar-refractivity contribution >= 4 is 11.9 Å². The van der Waals surface area contributed by atoms with Crippen LogP contribution in [-0.2, 0) is 33.3 Å². The number of rotatable bonds is 8. The van der Waals surface area contributed by atoms with Gasteiger partial charge < -0.3 is 23.7 Å². The first kappa shape index (κ1) is 20.1. The summed E-state index contributed by atoms with van der Waals surface area (Å²) in [6, 6.07) is 0. The fraction of sp³-hybridized carbons (Fsp3) is 0.889. The van der Waals surface area contributed by atoms with Gasteiger partial charge in [-0.15, -0.1) is 0 Å². The van der Waals surface area contributed by atoms with E-state index < -0.39 is 0 Å². The van der Waals surface area contributed by atoms with Gasteiger partial charge in [-0.1, -0.05) is 0 Å². The molecule has 2 aliphatic rings. The molecule has 5 atom stereocenters. The van der Waals surface area contributed by atoms with E-state index in [0.717, 1.165) is 19.3 Å². The Balaban J connectivity index is 2.10. The van der Waals surface area contributed by atoms with Crippen molar-refractivity contribution in [3.05, 3.63) is 0 Å². The van der Waals surface area contributed by atoms with Crippen molar-refractivity contribution in [2.24, 2.45) is 17.8 Å². The third kappa shape index (κ3) is 5.66. The van der Waals surface area contributed by atoms with Gasteiger partial charge in [-0.2, -0.15) is 0 Å². The molecular weight excluding hydrogens is 328 g/mol. The molecule has 7 heteroatoms. The Morgan fingerprint density at radius 3 is 2.32 bits per heavy atom. The number of esters is 2. The molecule has 0 radical (unpaired) electrons. The fourth-order valence-electron chi connectivity index (χ4n) is 3.99. The van der Waals surface area contributed by atoms with Crippen LogP contribution in [0.4, 0.5) is 0 Å². The molecule has 1 saturated heterocycles. The van der Waals surface area contributed by atoms with E-state index in [2.05, 4.69) is 0 Å². The van der Waals surface area contributed by atoms with Crippen molar-refractivity contribution < 1.29 is 33.3 Å². The molecule has 0 aromatic rings. The molecular formula is C18H30O7. The minimum absolute atomic E-state index is 0.000269. The molecule has 7 nitrogen and oxygen atoms in total. The summed E-state index contributed by atoms with van der Waals surface area (Å²) < 4.78 is 26.9. The second kappa shape index (κ2) is 10.1. The van der Waals surface area contributed by atoms with Crippen molar-refractivity contribution in [1.29, 1.82) is 0 Å². The summed E-state index contributed by atoms with van der Waals surface area (Å²) in [6.45, 7) is 1.18. The van der Waals surface area contributed by atoms with Crippen LogP contribution in [0.1, 0.15) is 38.5 Å². The Labute approximate surface area is 149 Å². The Hall–Kier alpha value is -1.18. The van der Waals surface area contributed by atoms with Crippen molar-refractivity contribution in [2.75, 3.05) is 34.5 Å². The van der Waals surface area contributed by atoms with E-state index in [0.29, 0.717) is 19.6 Å². The number of hydrogen-bond donors (Lipinski definition) is 0. The van der Waals surface area contributed by atoms with Gasteiger partial charge in [0.15, 0.2) is 6.29 Å². The fourth-order valence-corrected chi connectivity index (χ4v) is 3.99. The molecule has 1 heterocycles. The van der Waals surface area contributed by atoms with Gasteiger partial charge in [-0.25, -0.2) is 0 Å². The Kier molecular flexibility index (Phi) is 8.12. The highest BCUT2D eigenvalue weighted by Crippen LogP contribution is 2.44. The van der Waals surface area contributed by atoms with Crippen molar-refractivity contribution in [3.8, 4) is 0 Å². The molecule has 0 spiro atoms. The average molecular weight is 358 g/mol. The van der Waals surface area contributed by atoms with Crippen LogP contribution >= 0.6 is 0 Å². The van der Waals surface area contributed by atoms with E-state index >= 15 is 0 Å². The second-order valence-corrected chi connectivity index (χ2v) is 6.81. The zero-order valence-corrected chi connectivity index (χ0v) is 15.4. The zero-order valence-electron chi connectivity index (χ0n) is 15.4. The summed E-state index contributed by atoms with van der Waals surface area (Å²) in [6.07, 6.45) is 3.90. The van der Waals surface area contributed by atoms with Crippen LogP contribution in [0.5, 0.6) is 0 Å². The van der Waals surface area contributed by atoms with Gasteiger partial charge in [0.05, 0.1) is 26.9 Å². The van der Waals surface area contributed by atoms with Crippen molar-refractivity contribution in [3.63, 3.8) is 0 Å². The quantitative estimate of drug-likeness (QED) is 0.613. The Bertz CT molecular complexity index is 433. The lowest BCUT2D eigenvalue weighted by Gasteiger charge is -2.30. The highest BCUT2D eigenvalue weighted by molar-refractivity contribution is 5.71. The third-order valence-corrected chi connectivity index (χ3v) is 5.28. The number of carbonyl (C=O) groups excluding carboxylic acids is 2. The number of methoxy groups -OCH3 is 3. The number of hydrogen-bond acceptors (Lipinski definition) is 7. The maximum atomic E-state index is 11.9. The molecule has 0 N–H and O–H groups in total. The molecule has 0 aromatic heterocycles. The molecule has 144 valence electrons. The van der Waals surface area contributed by atoms with E-state index in [-0.39, 0.29) is 54.9 Å². The standard InChI is InChI=1S/C18H30O7/c1-21-11-14-13(10-17(20)23-3)12(9-16(19)22-2)8-15(14)25-18-6-4-5-7-24-18/h12-15,18H,4-11H2,1-3H3/t12?,13?,14-,15-,18?/m1/s1. The molecule has 1 saturated carbocycles. The molecule has 1 aliphatic carbocycles. The van der Waals surface area contributed by atoms with Crippen LogP contribution < -0.4 is 0 Å². The largest absolute Gasteiger partial charge is 0.469 e. The van der Waals surface area contributed by atoms with Crippen molar-refractivity contribution in [1.82, 2.24) is 0 Å². The van der Waals surface area contributed by atoms with E-state index in [9.17, 15) is 9.59 Å². The normalized spacial score (nSPS) is 32.4. The van der Waals surface area contributed by atoms with Crippen LogP contribution in [0.2, 0.25) is 0 Å². The van der Waals surface area contributed by atoms with Gasteiger partial charge >= 0.3 is 11.9 Å². The monoisotopic (exact) mass is 358 g/mol. The third-order valence-electron chi connectivity index (χ3n) is 5.28. The average Bonchev–Trinajstić information content (AvgIpc) is 2.92. The summed E-state index contributed by atoms with van der Waals surface area (Å²) in [5.74, 6) is -0.578. The summed E-state index contributed by atoms with van der Waals surface area (Å²) in [7, 11) is 4.39. The molecule has 3 unspecified atom stereocenters. The molecule has 0 bridgehead atoms. The van der Waals surface area contributed by atoms with Crippen LogP contribution in [0.25, 0.3) is 0 Å². The smallest absolute Gasteiger partial charge is 0.305 e. The van der Waals surface area contributed by atoms with E-state index in [4.69, 9.17) is 23.7 Å². The zero-order chi connectivity index (χ0) is 18.2. The van der Waals surface area contributed by atoms with Gasteiger partial charge in [0.25, 0.3) is 0 Å². The van der Waals surface area contributed by atoms with Gasteiger partial charge in [-0.3, -0.25) is 9.59 Å². The lowest BCUT2D eigenvalue weighted by atomic mass is 9.85. The van der Waals surface area contributed by atoms with Gasteiger partial charge in [-0.05, 0) is 37.5 Å². The molecule has 2 fully saturated rings. The van der Waals surface area contributed by atoms with E-state index in [1.165, 1.54) is 14.2 Å². The maximum Gasteiger partial charge on any atom is 0.305 e. The van der Waals surface area contributed by atoms with Crippen LogP contribution in [-0.4, -0.2) is 58.9 Å². The number of ether oxygens (including phenoxy) is 5. The SMILES string of the molecule is COC[C@@H]1C(CC(=O)OC)C(CC(=O)OC)C[C@H]1OC1CCCCO1. The molecule has 2 rings (SSSR count). The summed E-state index contributed by atoms with van der Waals surface area (Å²) in [5, 5.41) is 0.